The molecule has 116 valence electrons. The van der Waals surface area contributed by atoms with Crippen LogP contribution in [-0.4, -0.2) is 41.7 Å². The topological polar surface area (TPSA) is 79.2 Å². The first-order valence-electron chi connectivity index (χ1n) is 6.62. The van der Waals surface area contributed by atoms with E-state index in [2.05, 4.69) is 22.2 Å². The second kappa shape index (κ2) is 10.2. The van der Waals surface area contributed by atoms with Gasteiger partial charge in [0, 0.05) is 37.5 Å². The number of nitrogens with zero attached hydrogens (tertiary/aromatic N) is 1. The van der Waals surface area contributed by atoms with Crippen molar-refractivity contribution in [3.05, 3.63) is 34.4 Å². The van der Waals surface area contributed by atoms with Gasteiger partial charge in [0.25, 0.3) is 5.69 Å². The predicted molar refractivity (Wildman–Crippen MR) is 93.2 cm³/mol. The second-order valence-corrected chi connectivity index (χ2v) is 5.65. The highest BCUT2D eigenvalue weighted by Crippen LogP contribution is 2.14. The van der Waals surface area contributed by atoms with Gasteiger partial charge in [0.05, 0.1) is 4.92 Å². The number of hydrogen-bond acceptors (Lipinski definition) is 5. The van der Waals surface area contributed by atoms with Crippen LogP contribution < -0.4 is 16.0 Å². The molecule has 0 unspecified atom stereocenters. The lowest BCUT2D eigenvalue weighted by atomic mass is 10.3. The Morgan fingerprint density at radius 2 is 1.90 bits per heavy atom. The lowest BCUT2D eigenvalue weighted by Gasteiger charge is -2.11. The lowest BCUT2D eigenvalue weighted by molar-refractivity contribution is -0.384. The molecule has 0 fully saturated rings. The van der Waals surface area contributed by atoms with Crippen LogP contribution in [0.25, 0.3) is 0 Å². The van der Waals surface area contributed by atoms with Crippen LogP contribution in [-0.2, 0) is 0 Å². The van der Waals surface area contributed by atoms with Crippen LogP contribution >= 0.6 is 24.0 Å². The molecule has 0 aliphatic heterocycles. The molecule has 0 aromatic heterocycles. The normalized spacial score (nSPS) is 9.95. The Hall–Kier alpha value is -1.54. The van der Waals surface area contributed by atoms with E-state index in [-0.39, 0.29) is 5.69 Å². The maximum Gasteiger partial charge on any atom is 0.269 e. The van der Waals surface area contributed by atoms with Crippen LogP contribution in [0, 0.1) is 10.1 Å². The first-order valence-corrected chi connectivity index (χ1v) is 8.42. The van der Waals surface area contributed by atoms with Crippen molar-refractivity contribution in [2.75, 3.05) is 37.0 Å². The molecule has 1 aromatic rings. The molecular formula is C13H20N4O2S2. The molecule has 0 heterocycles. The summed E-state index contributed by atoms with van der Waals surface area (Å²) in [4.78, 5) is 10.1. The number of nitro groups is 1. The van der Waals surface area contributed by atoms with E-state index in [4.69, 9.17) is 12.2 Å². The minimum atomic E-state index is -0.410. The van der Waals surface area contributed by atoms with Crippen LogP contribution in [0.5, 0.6) is 0 Å². The minimum absolute atomic E-state index is 0.0919. The van der Waals surface area contributed by atoms with Crippen LogP contribution in [0.1, 0.15) is 6.42 Å². The quantitative estimate of drug-likeness (QED) is 0.278. The van der Waals surface area contributed by atoms with Gasteiger partial charge < -0.3 is 16.0 Å². The van der Waals surface area contributed by atoms with Gasteiger partial charge in [-0.25, -0.2) is 0 Å². The van der Waals surface area contributed by atoms with Crippen LogP contribution in [0.15, 0.2) is 24.3 Å². The average Bonchev–Trinajstić information content (AvgIpc) is 2.48. The number of nitrogens with one attached hydrogen (secondary N) is 3. The number of rotatable bonds is 9. The largest absolute Gasteiger partial charge is 0.383 e. The fourth-order valence-corrected chi connectivity index (χ4v) is 2.20. The number of benzene rings is 1. The average molecular weight is 328 g/mol. The van der Waals surface area contributed by atoms with Gasteiger partial charge >= 0.3 is 0 Å². The van der Waals surface area contributed by atoms with Crippen molar-refractivity contribution in [1.82, 2.24) is 10.6 Å². The summed E-state index contributed by atoms with van der Waals surface area (Å²) in [6.45, 7) is 2.25. The van der Waals surface area contributed by atoms with Crippen molar-refractivity contribution in [1.29, 1.82) is 0 Å². The standard InChI is InChI=1S/C13H20N4O2S2/c1-21-10-2-7-15-13(20)16-9-8-14-11-3-5-12(6-4-11)17(18)19/h3-6,14H,2,7-10H2,1H3,(H2,15,16,20). The van der Waals surface area contributed by atoms with Crippen molar-refractivity contribution in [2.45, 2.75) is 6.42 Å². The molecule has 0 amide bonds. The molecule has 0 aliphatic rings. The summed E-state index contributed by atoms with van der Waals surface area (Å²) in [5.41, 5.74) is 0.940. The van der Waals surface area contributed by atoms with E-state index >= 15 is 0 Å². The highest BCUT2D eigenvalue weighted by Gasteiger charge is 2.03. The van der Waals surface area contributed by atoms with E-state index in [9.17, 15) is 10.1 Å². The number of nitro benzene ring substituents is 1. The minimum Gasteiger partial charge on any atom is -0.383 e. The van der Waals surface area contributed by atoms with E-state index in [0.29, 0.717) is 18.2 Å². The molecule has 0 saturated heterocycles. The first kappa shape index (κ1) is 17.5. The molecule has 21 heavy (non-hydrogen) atoms. The fraction of sp³-hybridized carbons (Fsp3) is 0.462. The SMILES string of the molecule is CSCCCNC(=S)NCCNc1ccc([N+](=O)[O-])cc1. The molecule has 0 bridgehead atoms. The molecule has 0 saturated carbocycles. The summed E-state index contributed by atoms with van der Waals surface area (Å²) >= 11 is 6.97. The highest BCUT2D eigenvalue weighted by molar-refractivity contribution is 7.98. The lowest BCUT2D eigenvalue weighted by Crippen LogP contribution is -2.38. The summed E-state index contributed by atoms with van der Waals surface area (Å²) in [6, 6.07) is 6.34. The number of anilines is 1. The third-order valence-electron chi connectivity index (χ3n) is 2.63. The first-order chi connectivity index (χ1) is 10.1. The van der Waals surface area contributed by atoms with Gasteiger partial charge in [-0.05, 0) is 42.8 Å². The molecule has 0 spiro atoms. The summed E-state index contributed by atoms with van der Waals surface area (Å²) in [5.74, 6) is 1.12. The molecule has 8 heteroatoms. The van der Waals surface area contributed by atoms with Crippen molar-refractivity contribution >= 4 is 40.5 Å². The third kappa shape index (κ3) is 7.72. The Morgan fingerprint density at radius 1 is 1.24 bits per heavy atom. The third-order valence-corrected chi connectivity index (χ3v) is 3.61. The zero-order chi connectivity index (χ0) is 15.5. The zero-order valence-corrected chi connectivity index (χ0v) is 13.6. The zero-order valence-electron chi connectivity index (χ0n) is 11.9. The Bertz CT molecular complexity index is 454. The van der Waals surface area contributed by atoms with Gasteiger partial charge in [-0.1, -0.05) is 0 Å². The number of thiocarbonyl (C=S) groups is 1. The molecule has 1 rings (SSSR count). The Kier molecular flexibility index (Phi) is 8.53. The maximum atomic E-state index is 10.5. The monoisotopic (exact) mass is 328 g/mol. The van der Waals surface area contributed by atoms with E-state index in [1.54, 1.807) is 12.1 Å². The van der Waals surface area contributed by atoms with E-state index in [1.165, 1.54) is 12.1 Å². The van der Waals surface area contributed by atoms with Gasteiger partial charge in [0.15, 0.2) is 5.11 Å². The van der Waals surface area contributed by atoms with Crippen LogP contribution in [0.3, 0.4) is 0 Å². The summed E-state index contributed by atoms with van der Waals surface area (Å²) in [7, 11) is 0. The van der Waals surface area contributed by atoms with E-state index < -0.39 is 4.92 Å². The predicted octanol–water partition coefficient (Wildman–Crippen LogP) is 2.22. The number of thioether (sulfide) groups is 1. The summed E-state index contributed by atoms with van der Waals surface area (Å²) < 4.78 is 0. The fourth-order valence-electron chi connectivity index (χ4n) is 1.56. The van der Waals surface area contributed by atoms with Crippen molar-refractivity contribution in [2.24, 2.45) is 0 Å². The Labute approximate surface area is 134 Å². The molecular weight excluding hydrogens is 308 g/mol. The van der Waals surface area contributed by atoms with E-state index in [0.717, 1.165) is 24.4 Å². The number of hydrogen-bond donors (Lipinski definition) is 3. The molecule has 6 nitrogen and oxygen atoms in total. The Balaban J connectivity index is 2.13. The molecule has 0 atom stereocenters. The van der Waals surface area contributed by atoms with Gasteiger partial charge in [-0.2, -0.15) is 11.8 Å². The highest BCUT2D eigenvalue weighted by atomic mass is 32.2. The van der Waals surface area contributed by atoms with E-state index in [1.807, 2.05) is 11.8 Å². The van der Waals surface area contributed by atoms with Gasteiger partial charge in [-0.15, -0.1) is 0 Å². The Morgan fingerprint density at radius 3 is 2.52 bits per heavy atom. The van der Waals surface area contributed by atoms with Crippen molar-refractivity contribution in [3.63, 3.8) is 0 Å². The van der Waals surface area contributed by atoms with Crippen LogP contribution in [0.4, 0.5) is 11.4 Å². The second-order valence-electron chi connectivity index (χ2n) is 4.26. The maximum absolute atomic E-state index is 10.5. The van der Waals surface area contributed by atoms with Crippen molar-refractivity contribution < 1.29 is 4.92 Å². The molecule has 1 aromatic carbocycles. The van der Waals surface area contributed by atoms with Gasteiger partial charge in [0.2, 0.25) is 0 Å². The summed E-state index contributed by atoms with van der Waals surface area (Å²) in [5, 5.41) is 20.6. The number of non-ortho nitro benzene ring substituents is 1. The van der Waals surface area contributed by atoms with Gasteiger partial charge in [0.1, 0.15) is 0 Å². The van der Waals surface area contributed by atoms with Crippen molar-refractivity contribution in [3.8, 4) is 0 Å². The van der Waals surface area contributed by atoms with Crippen LogP contribution in [0.2, 0.25) is 0 Å². The molecule has 0 aliphatic carbocycles. The van der Waals surface area contributed by atoms with Gasteiger partial charge in [-0.3, -0.25) is 10.1 Å². The molecule has 0 radical (unpaired) electrons. The molecule has 3 N–H and O–H groups in total. The summed E-state index contributed by atoms with van der Waals surface area (Å²) in [6.07, 6.45) is 3.17. The smallest absolute Gasteiger partial charge is 0.269 e.